The van der Waals surface area contributed by atoms with Crippen molar-refractivity contribution >= 4 is 22.6 Å². The second kappa shape index (κ2) is 7.04. The third-order valence-electron chi connectivity index (χ3n) is 5.15. The predicted molar refractivity (Wildman–Crippen MR) is 97.8 cm³/mol. The summed E-state index contributed by atoms with van der Waals surface area (Å²) in [7, 11) is 1.34. The number of rotatable bonds is 4. The molecular formula is C18H21FN2O7. The lowest BCUT2D eigenvalue weighted by atomic mass is 10.1. The van der Waals surface area contributed by atoms with E-state index in [-0.39, 0.29) is 41.4 Å². The van der Waals surface area contributed by atoms with Crippen LogP contribution in [0.1, 0.15) is 29.2 Å². The molecule has 1 aromatic carbocycles. The number of hydrogen-bond acceptors (Lipinski definition) is 6. The van der Waals surface area contributed by atoms with E-state index in [4.69, 9.17) is 4.74 Å². The summed E-state index contributed by atoms with van der Waals surface area (Å²) < 4.78 is 22.1. The van der Waals surface area contributed by atoms with Gasteiger partial charge >= 0.3 is 5.97 Å². The molecule has 1 saturated carbocycles. The van der Waals surface area contributed by atoms with Gasteiger partial charge in [0, 0.05) is 25.3 Å². The van der Waals surface area contributed by atoms with E-state index in [1.807, 2.05) is 0 Å². The van der Waals surface area contributed by atoms with E-state index in [1.54, 1.807) is 4.57 Å². The number of carbonyl (C=O) groups is 1. The van der Waals surface area contributed by atoms with Crippen LogP contribution in [0.25, 0.3) is 10.9 Å². The van der Waals surface area contributed by atoms with Crippen LogP contribution in [0.3, 0.4) is 0 Å². The van der Waals surface area contributed by atoms with Crippen molar-refractivity contribution in [3.05, 3.63) is 33.9 Å². The molecule has 9 nitrogen and oxygen atoms in total. The van der Waals surface area contributed by atoms with E-state index >= 15 is 0 Å². The molecule has 0 bridgehead atoms. The monoisotopic (exact) mass is 396 g/mol. The first-order chi connectivity index (χ1) is 12.8. The van der Waals surface area contributed by atoms with Gasteiger partial charge < -0.3 is 35.0 Å². The fraction of sp³-hybridized carbons (Fsp3) is 0.444. The Kier molecular flexibility index (Phi) is 5.04. The van der Waals surface area contributed by atoms with Gasteiger partial charge in [-0.3, -0.25) is 4.79 Å². The fourth-order valence-corrected chi connectivity index (χ4v) is 3.68. The van der Waals surface area contributed by atoms with Crippen molar-refractivity contribution in [1.82, 2.24) is 4.57 Å². The Morgan fingerprint density at radius 1 is 1.25 bits per heavy atom. The number of nitrogens with zero attached hydrogens (tertiary/aromatic N) is 2. The lowest BCUT2D eigenvalue weighted by molar-refractivity contribution is 0.0572. The first-order valence-corrected chi connectivity index (χ1v) is 8.63. The van der Waals surface area contributed by atoms with Crippen molar-refractivity contribution in [3.63, 3.8) is 0 Å². The highest BCUT2D eigenvalue weighted by atomic mass is 19.1. The van der Waals surface area contributed by atoms with Crippen LogP contribution in [0.4, 0.5) is 10.1 Å². The summed E-state index contributed by atoms with van der Waals surface area (Å²) in [5.74, 6) is -2.06. The second-order valence-corrected chi connectivity index (χ2v) is 6.99. The molecule has 10 heteroatoms. The maximum atomic E-state index is 15.0. The van der Waals surface area contributed by atoms with Crippen LogP contribution in [0.5, 0.6) is 5.75 Å². The van der Waals surface area contributed by atoms with Crippen LogP contribution in [-0.4, -0.2) is 63.7 Å². The minimum absolute atomic E-state index is 0. The number of aromatic nitrogens is 1. The molecule has 0 spiro atoms. The number of β-amino-alcohol motifs (C(OH)–C–C–N with tert-alkyl or cyclic N) is 2. The number of aliphatic hydroxyl groups is 2. The van der Waals surface area contributed by atoms with Gasteiger partial charge in [-0.15, -0.1) is 0 Å². The molecule has 1 aliphatic heterocycles. The molecule has 2 aliphatic rings. The van der Waals surface area contributed by atoms with Gasteiger partial charge in [0.1, 0.15) is 11.3 Å². The summed E-state index contributed by atoms with van der Waals surface area (Å²) in [6.07, 6.45) is 0.861. The lowest BCUT2D eigenvalue weighted by Crippen LogP contribution is -2.25. The summed E-state index contributed by atoms with van der Waals surface area (Å²) in [6, 6.07) is 1.02. The van der Waals surface area contributed by atoms with E-state index in [9.17, 15) is 29.3 Å². The number of pyridine rings is 1. The molecule has 2 atom stereocenters. The van der Waals surface area contributed by atoms with Crippen molar-refractivity contribution < 1.29 is 34.7 Å². The van der Waals surface area contributed by atoms with Gasteiger partial charge in [-0.1, -0.05) is 0 Å². The van der Waals surface area contributed by atoms with Gasteiger partial charge in [-0.2, -0.15) is 0 Å². The third-order valence-corrected chi connectivity index (χ3v) is 5.15. The van der Waals surface area contributed by atoms with Crippen LogP contribution in [0.15, 0.2) is 17.1 Å². The number of aromatic carboxylic acids is 1. The topological polar surface area (TPSA) is 144 Å². The Hall–Kier alpha value is -2.69. The zero-order chi connectivity index (χ0) is 19.5. The number of hydrogen-bond donors (Lipinski definition) is 3. The van der Waals surface area contributed by atoms with E-state index < -0.39 is 35.0 Å². The number of anilines is 1. The maximum absolute atomic E-state index is 15.0. The minimum atomic E-state index is -1.37. The number of fused-ring (bicyclic) bond motifs is 1. The van der Waals surface area contributed by atoms with Gasteiger partial charge in [0.2, 0.25) is 5.43 Å². The smallest absolute Gasteiger partial charge is 0.341 e. The third kappa shape index (κ3) is 2.99. The Morgan fingerprint density at radius 3 is 2.36 bits per heavy atom. The standard InChI is InChI=1S/C18H19FN2O6.H2O/c1-27-17-14-9(4-11(19)15(17)20-6-12(22)13(23)7-20)16(24)10(18(25)26)5-21(14)8-2-3-8;/h4-5,8,12-13,22-23H,2-3,6-7H2,1H3,(H,25,26);1H2. The normalized spacial score (nSPS) is 21.6. The van der Waals surface area contributed by atoms with Crippen LogP contribution < -0.4 is 15.1 Å². The molecule has 5 N–H and O–H groups in total. The van der Waals surface area contributed by atoms with Crippen LogP contribution in [-0.2, 0) is 0 Å². The first kappa shape index (κ1) is 20.1. The molecule has 2 aromatic rings. The zero-order valence-electron chi connectivity index (χ0n) is 15.1. The number of carboxylic acid groups (broad SMARTS) is 1. The van der Waals surface area contributed by atoms with E-state index in [2.05, 4.69) is 0 Å². The highest BCUT2D eigenvalue weighted by Gasteiger charge is 2.35. The molecular weight excluding hydrogens is 375 g/mol. The molecule has 152 valence electrons. The number of benzene rings is 1. The Balaban J connectivity index is 0.00000225. The van der Waals surface area contributed by atoms with E-state index in [0.717, 1.165) is 18.9 Å². The molecule has 0 amide bonds. The molecule has 0 radical (unpaired) electrons. The molecule has 1 saturated heterocycles. The fourth-order valence-electron chi connectivity index (χ4n) is 3.68. The van der Waals surface area contributed by atoms with Gasteiger partial charge in [-0.25, -0.2) is 9.18 Å². The van der Waals surface area contributed by atoms with Crippen molar-refractivity contribution in [2.24, 2.45) is 0 Å². The summed E-state index contributed by atoms with van der Waals surface area (Å²) in [6.45, 7) is 0.0294. The summed E-state index contributed by atoms with van der Waals surface area (Å²) in [5, 5.41) is 28.9. The number of ether oxygens (including phenoxy) is 1. The van der Waals surface area contributed by atoms with Crippen molar-refractivity contribution in [1.29, 1.82) is 0 Å². The highest BCUT2D eigenvalue weighted by molar-refractivity contribution is 5.97. The number of aliphatic hydroxyl groups excluding tert-OH is 2. The second-order valence-electron chi connectivity index (χ2n) is 6.99. The van der Waals surface area contributed by atoms with Gasteiger partial charge in [0.15, 0.2) is 11.6 Å². The van der Waals surface area contributed by atoms with E-state index in [0.29, 0.717) is 5.52 Å². The average Bonchev–Trinajstić information content (AvgIpc) is 3.40. The first-order valence-electron chi connectivity index (χ1n) is 8.63. The van der Waals surface area contributed by atoms with Gasteiger partial charge in [-0.05, 0) is 18.9 Å². The highest BCUT2D eigenvalue weighted by Crippen LogP contribution is 2.44. The summed E-state index contributed by atoms with van der Waals surface area (Å²) >= 11 is 0. The van der Waals surface area contributed by atoms with Gasteiger partial charge in [0.05, 0.1) is 30.2 Å². The summed E-state index contributed by atoms with van der Waals surface area (Å²) in [5.41, 5.74) is -0.838. The Morgan fingerprint density at radius 2 is 1.86 bits per heavy atom. The zero-order valence-corrected chi connectivity index (χ0v) is 15.1. The predicted octanol–water partition coefficient (Wildman–Crippen LogP) is -0.101. The molecule has 4 rings (SSSR count). The van der Waals surface area contributed by atoms with Crippen molar-refractivity contribution in [2.45, 2.75) is 31.1 Å². The molecule has 2 unspecified atom stereocenters. The quantitative estimate of drug-likeness (QED) is 0.655. The average molecular weight is 396 g/mol. The van der Waals surface area contributed by atoms with Crippen LogP contribution in [0, 0.1) is 5.82 Å². The minimum Gasteiger partial charge on any atom is -0.492 e. The molecule has 28 heavy (non-hydrogen) atoms. The van der Waals surface area contributed by atoms with Crippen LogP contribution >= 0.6 is 0 Å². The molecule has 1 aliphatic carbocycles. The van der Waals surface area contributed by atoms with Crippen molar-refractivity contribution in [2.75, 3.05) is 25.1 Å². The molecule has 2 heterocycles. The number of carboxylic acids is 1. The SMILES string of the molecule is COc1c(N2CC(O)C(O)C2)c(F)cc2c(=O)c(C(=O)O)cn(C3CC3)c12.O. The maximum Gasteiger partial charge on any atom is 0.341 e. The Labute approximate surface area is 158 Å². The van der Waals surface area contributed by atoms with E-state index in [1.165, 1.54) is 18.2 Å². The largest absolute Gasteiger partial charge is 0.492 e. The summed E-state index contributed by atoms with van der Waals surface area (Å²) in [4.78, 5) is 25.5. The number of methoxy groups -OCH3 is 1. The Bertz CT molecular complexity index is 992. The van der Waals surface area contributed by atoms with Crippen molar-refractivity contribution in [3.8, 4) is 5.75 Å². The number of halogens is 1. The lowest BCUT2D eigenvalue weighted by Gasteiger charge is -2.24. The van der Waals surface area contributed by atoms with Crippen LogP contribution in [0.2, 0.25) is 0 Å². The molecule has 1 aromatic heterocycles. The molecule has 2 fully saturated rings. The van der Waals surface area contributed by atoms with Gasteiger partial charge in [0.25, 0.3) is 0 Å².